The second-order valence-electron chi connectivity index (χ2n) is 4.38. The maximum absolute atomic E-state index is 12.2. The highest BCUT2D eigenvalue weighted by Crippen LogP contribution is 2.34. The van der Waals surface area contributed by atoms with Gasteiger partial charge in [-0.25, -0.2) is 9.47 Å². The summed E-state index contributed by atoms with van der Waals surface area (Å²) in [6.07, 6.45) is 0. The fraction of sp³-hybridized carbons (Fsp3) is 0.286. The van der Waals surface area contributed by atoms with Crippen LogP contribution in [0.4, 0.5) is 0 Å². The largest absolute Gasteiger partial charge is 0.493 e. The topological polar surface area (TPSA) is 92.8 Å². The van der Waals surface area contributed by atoms with Crippen LogP contribution in [-0.4, -0.2) is 32.0 Å². The number of carbonyl (C=O) groups is 1. The van der Waals surface area contributed by atoms with E-state index in [9.17, 15) is 9.59 Å². The number of nitrogens with two attached hydrogens (primary N) is 1. The van der Waals surface area contributed by atoms with Gasteiger partial charge in [-0.3, -0.25) is 4.79 Å². The Bertz CT molecular complexity index is 779. The molecule has 7 heteroatoms. The van der Waals surface area contributed by atoms with E-state index in [-0.39, 0.29) is 5.56 Å². The van der Waals surface area contributed by atoms with E-state index in [0.717, 1.165) is 4.68 Å². The van der Waals surface area contributed by atoms with Crippen molar-refractivity contribution in [3.63, 3.8) is 0 Å². The maximum atomic E-state index is 12.2. The molecule has 1 aromatic carbocycles. The number of rotatable bonds is 3. The smallest absolute Gasteiger partial charge is 0.344 e. The summed E-state index contributed by atoms with van der Waals surface area (Å²) in [6, 6.07) is 3.23. The van der Waals surface area contributed by atoms with Crippen LogP contribution in [0.3, 0.4) is 0 Å². The predicted molar refractivity (Wildman–Crippen MR) is 77.5 cm³/mol. The molecule has 0 saturated heterocycles. The van der Waals surface area contributed by atoms with Crippen molar-refractivity contribution < 1.29 is 19.0 Å². The first-order valence-corrected chi connectivity index (χ1v) is 6.11. The summed E-state index contributed by atoms with van der Waals surface area (Å²) in [5.74, 6) is 5.86. The Morgan fingerprint density at radius 1 is 1.10 bits per heavy atom. The summed E-state index contributed by atoms with van der Waals surface area (Å²) in [5, 5.41) is 1.01. The molecule has 0 aliphatic heterocycles. The highest BCUT2D eigenvalue weighted by molar-refractivity contribution is 6.05. The summed E-state index contributed by atoms with van der Waals surface area (Å²) < 4.78 is 16.0. The Balaban J connectivity index is 3.02. The third kappa shape index (κ3) is 2.16. The van der Waals surface area contributed by atoms with Crippen molar-refractivity contribution in [1.82, 2.24) is 4.68 Å². The zero-order valence-corrected chi connectivity index (χ0v) is 12.2. The van der Waals surface area contributed by atoms with E-state index in [0.29, 0.717) is 28.0 Å². The van der Waals surface area contributed by atoms with Crippen LogP contribution in [0.5, 0.6) is 11.5 Å². The minimum absolute atomic E-state index is 0.137. The first-order valence-electron chi connectivity index (χ1n) is 6.11. The first kappa shape index (κ1) is 14.7. The van der Waals surface area contributed by atoms with Gasteiger partial charge in [0.1, 0.15) is 5.56 Å². The number of nitrogens with zero attached hydrogens (tertiary/aromatic N) is 1. The molecule has 0 spiro atoms. The van der Waals surface area contributed by atoms with Gasteiger partial charge in [0.15, 0.2) is 11.5 Å². The van der Waals surface area contributed by atoms with Crippen LogP contribution in [0.15, 0.2) is 16.9 Å². The number of esters is 1. The SMILES string of the molecule is COC(=O)c1c(=O)n(N)c(C)c2cc(OC)c(OC)cc12. The van der Waals surface area contributed by atoms with E-state index in [4.69, 9.17) is 15.3 Å². The van der Waals surface area contributed by atoms with Crippen LogP contribution < -0.4 is 20.9 Å². The predicted octanol–water partition coefficient (Wildman–Crippen LogP) is 0.828. The van der Waals surface area contributed by atoms with E-state index < -0.39 is 11.5 Å². The van der Waals surface area contributed by atoms with Crippen LogP contribution in [0.2, 0.25) is 0 Å². The van der Waals surface area contributed by atoms with Gasteiger partial charge in [0.2, 0.25) is 0 Å². The molecule has 1 heterocycles. The van der Waals surface area contributed by atoms with Crippen molar-refractivity contribution >= 4 is 16.7 Å². The molecule has 0 saturated carbocycles. The number of aromatic nitrogens is 1. The van der Waals surface area contributed by atoms with E-state index >= 15 is 0 Å². The first-order chi connectivity index (χ1) is 9.96. The van der Waals surface area contributed by atoms with E-state index in [1.54, 1.807) is 19.1 Å². The minimum Gasteiger partial charge on any atom is -0.493 e. The molecule has 0 fully saturated rings. The summed E-state index contributed by atoms with van der Waals surface area (Å²) >= 11 is 0. The number of methoxy groups -OCH3 is 3. The van der Waals surface area contributed by atoms with Crippen LogP contribution in [0.1, 0.15) is 16.1 Å². The number of carbonyl (C=O) groups excluding carboxylic acids is 1. The zero-order chi connectivity index (χ0) is 15.7. The van der Waals surface area contributed by atoms with Crippen LogP contribution in [0.25, 0.3) is 10.8 Å². The third-order valence-corrected chi connectivity index (χ3v) is 3.37. The molecular formula is C14H16N2O5. The van der Waals surface area contributed by atoms with Gasteiger partial charge in [-0.05, 0) is 19.1 Å². The molecule has 21 heavy (non-hydrogen) atoms. The van der Waals surface area contributed by atoms with Crippen LogP contribution >= 0.6 is 0 Å². The third-order valence-electron chi connectivity index (χ3n) is 3.37. The molecule has 0 bridgehead atoms. The highest BCUT2D eigenvalue weighted by Gasteiger charge is 2.21. The summed E-state index contributed by atoms with van der Waals surface area (Å²) in [6.45, 7) is 1.68. The van der Waals surface area contributed by atoms with Gasteiger partial charge in [0.05, 0.1) is 21.3 Å². The Morgan fingerprint density at radius 2 is 1.62 bits per heavy atom. The van der Waals surface area contributed by atoms with Crippen molar-refractivity contribution in [3.05, 3.63) is 33.7 Å². The zero-order valence-electron chi connectivity index (χ0n) is 12.2. The van der Waals surface area contributed by atoms with Gasteiger partial charge in [-0.15, -0.1) is 0 Å². The van der Waals surface area contributed by atoms with Crippen molar-refractivity contribution in [2.75, 3.05) is 27.2 Å². The lowest BCUT2D eigenvalue weighted by Crippen LogP contribution is -2.34. The number of nitrogen functional groups attached to an aromatic ring is 1. The molecular weight excluding hydrogens is 276 g/mol. The minimum atomic E-state index is -0.753. The number of pyridine rings is 1. The number of hydrogen-bond acceptors (Lipinski definition) is 6. The van der Waals surface area contributed by atoms with Gasteiger partial charge >= 0.3 is 5.97 Å². The van der Waals surface area contributed by atoms with Gasteiger partial charge in [0, 0.05) is 16.5 Å². The molecule has 0 atom stereocenters. The number of ether oxygens (including phenoxy) is 3. The lowest BCUT2D eigenvalue weighted by molar-refractivity contribution is 0.0600. The number of benzene rings is 1. The molecule has 112 valence electrons. The Hall–Kier alpha value is -2.70. The van der Waals surface area contributed by atoms with Crippen LogP contribution in [0, 0.1) is 6.92 Å². The lowest BCUT2D eigenvalue weighted by Gasteiger charge is -2.14. The average molecular weight is 292 g/mol. The van der Waals surface area contributed by atoms with E-state index in [1.165, 1.54) is 21.3 Å². The summed E-state index contributed by atoms with van der Waals surface area (Å²) in [4.78, 5) is 24.1. The average Bonchev–Trinajstić information content (AvgIpc) is 2.51. The van der Waals surface area contributed by atoms with Crippen molar-refractivity contribution in [3.8, 4) is 11.5 Å². The van der Waals surface area contributed by atoms with Crippen LogP contribution in [-0.2, 0) is 4.74 Å². The molecule has 2 rings (SSSR count). The Kier molecular flexibility index (Phi) is 3.75. The molecule has 0 aliphatic carbocycles. The van der Waals surface area contributed by atoms with Gasteiger partial charge in [-0.1, -0.05) is 0 Å². The summed E-state index contributed by atoms with van der Waals surface area (Å²) in [5.41, 5.74) is -0.260. The molecule has 2 aromatic rings. The molecule has 0 amide bonds. The number of fused-ring (bicyclic) bond motifs is 1. The number of aryl methyl sites for hydroxylation is 1. The van der Waals surface area contributed by atoms with Crippen molar-refractivity contribution in [2.24, 2.45) is 0 Å². The highest BCUT2D eigenvalue weighted by atomic mass is 16.5. The number of hydrogen-bond donors (Lipinski definition) is 1. The van der Waals surface area contributed by atoms with E-state index in [1.807, 2.05) is 0 Å². The fourth-order valence-electron chi connectivity index (χ4n) is 2.20. The molecule has 7 nitrogen and oxygen atoms in total. The van der Waals surface area contributed by atoms with Gasteiger partial charge in [-0.2, -0.15) is 0 Å². The monoisotopic (exact) mass is 292 g/mol. The molecule has 0 unspecified atom stereocenters. The fourth-order valence-corrected chi connectivity index (χ4v) is 2.20. The van der Waals surface area contributed by atoms with Crippen molar-refractivity contribution in [2.45, 2.75) is 6.92 Å². The van der Waals surface area contributed by atoms with Gasteiger partial charge < -0.3 is 20.1 Å². The quantitative estimate of drug-likeness (QED) is 0.665. The second kappa shape index (κ2) is 5.35. The Morgan fingerprint density at radius 3 is 2.10 bits per heavy atom. The second-order valence-corrected chi connectivity index (χ2v) is 4.38. The molecule has 0 aliphatic rings. The molecule has 0 radical (unpaired) electrons. The molecule has 1 aromatic heterocycles. The normalized spacial score (nSPS) is 10.5. The van der Waals surface area contributed by atoms with E-state index in [2.05, 4.69) is 4.74 Å². The standard InChI is InChI=1S/C14H16N2O5/c1-7-8-5-10(19-2)11(20-3)6-9(8)12(14(18)21-4)13(17)16(7)15/h5-6H,15H2,1-4H3. The summed E-state index contributed by atoms with van der Waals surface area (Å²) in [7, 11) is 4.17. The van der Waals surface area contributed by atoms with Crippen molar-refractivity contribution in [1.29, 1.82) is 0 Å². The lowest BCUT2D eigenvalue weighted by atomic mass is 10.0. The maximum Gasteiger partial charge on any atom is 0.344 e. The van der Waals surface area contributed by atoms with Gasteiger partial charge in [0.25, 0.3) is 5.56 Å². The molecule has 2 N–H and O–H groups in total. The Labute approximate surface area is 120 Å².